The Morgan fingerprint density at radius 3 is 2.05 bits per heavy atom. The first-order valence-electron chi connectivity index (χ1n) is 5.98. The van der Waals surface area contributed by atoms with Crippen LogP contribution in [0.1, 0.15) is 6.92 Å². The van der Waals surface area contributed by atoms with Gasteiger partial charge < -0.3 is 19.7 Å². The quantitative estimate of drug-likeness (QED) is 0.303. The average Bonchev–Trinajstić information content (AvgIpc) is 2.40. The smallest absolute Gasteiger partial charge is 0.317 e. The summed E-state index contributed by atoms with van der Waals surface area (Å²) in [7, 11) is 0. The molecule has 0 aromatic carbocycles. The van der Waals surface area contributed by atoms with E-state index in [0.717, 1.165) is 0 Å². The van der Waals surface area contributed by atoms with Crippen molar-refractivity contribution in [1.82, 2.24) is 9.80 Å². The Balaban J connectivity index is 4.25. The fourth-order valence-corrected chi connectivity index (χ4v) is 1.56. The maximum Gasteiger partial charge on any atom is 0.317 e. The van der Waals surface area contributed by atoms with E-state index in [-0.39, 0.29) is 46.0 Å². The van der Waals surface area contributed by atoms with E-state index < -0.39 is 12.1 Å². The van der Waals surface area contributed by atoms with E-state index >= 15 is 0 Å². The third kappa shape index (κ3) is 9.25. The largest absolute Gasteiger partial charge is 0.480 e. The zero-order chi connectivity index (χ0) is 15.4. The highest BCUT2D eigenvalue weighted by atomic mass is 16.6. The van der Waals surface area contributed by atoms with Crippen molar-refractivity contribution in [1.29, 1.82) is 0 Å². The first kappa shape index (κ1) is 18.3. The number of carboxylic acids is 1. The van der Waals surface area contributed by atoms with Gasteiger partial charge in [0.25, 0.3) is 12.9 Å². The predicted octanol–water partition coefficient (Wildman–Crippen LogP) is -1.68. The minimum Gasteiger partial charge on any atom is -0.480 e. The summed E-state index contributed by atoms with van der Waals surface area (Å²) < 4.78 is 9.04. The van der Waals surface area contributed by atoms with Crippen molar-refractivity contribution in [2.45, 2.75) is 13.0 Å². The third-order valence-electron chi connectivity index (χ3n) is 2.39. The molecule has 0 radical (unpaired) electrons. The van der Waals surface area contributed by atoms with Crippen LogP contribution in [0, 0.1) is 0 Å². The number of carbonyl (C=O) groups excluding carboxylic acids is 2. The Morgan fingerprint density at radius 2 is 1.65 bits per heavy atom. The van der Waals surface area contributed by atoms with Gasteiger partial charge in [0.15, 0.2) is 0 Å². The number of carboxylic acid groups (broad SMARTS) is 1. The summed E-state index contributed by atoms with van der Waals surface area (Å²) in [4.78, 5) is 33.8. The van der Waals surface area contributed by atoms with Crippen LogP contribution in [-0.4, -0.2) is 84.7 Å². The molecular weight excluding hydrogens is 272 g/mol. The number of hydrogen-bond acceptors (Lipinski definition) is 8. The number of aliphatic hydroxyl groups is 1. The van der Waals surface area contributed by atoms with Gasteiger partial charge in [0, 0.05) is 13.1 Å². The van der Waals surface area contributed by atoms with Crippen molar-refractivity contribution in [2.75, 3.05) is 39.6 Å². The summed E-state index contributed by atoms with van der Waals surface area (Å²) in [6.45, 7) is 2.48. The van der Waals surface area contributed by atoms with Crippen molar-refractivity contribution < 1.29 is 34.1 Å². The zero-order valence-electron chi connectivity index (χ0n) is 11.3. The van der Waals surface area contributed by atoms with Gasteiger partial charge in [0.05, 0.1) is 12.6 Å². The van der Waals surface area contributed by atoms with Gasteiger partial charge in [-0.25, -0.2) is 4.90 Å². The SMILES string of the molecule is CCN(CC(=O)O)CC(O)CN(COC=O)COC=O. The van der Waals surface area contributed by atoms with E-state index in [2.05, 4.69) is 9.47 Å². The van der Waals surface area contributed by atoms with E-state index in [0.29, 0.717) is 6.54 Å². The minimum atomic E-state index is -0.982. The van der Waals surface area contributed by atoms with Crippen molar-refractivity contribution in [3.05, 3.63) is 0 Å². The lowest BCUT2D eigenvalue weighted by atomic mass is 10.3. The maximum absolute atomic E-state index is 10.6. The average molecular weight is 292 g/mol. The number of carbonyl (C=O) groups is 3. The summed E-state index contributed by atoms with van der Waals surface area (Å²) in [5.41, 5.74) is 0. The minimum absolute atomic E-state index is 0.0673. The Labute approximate surface area is 116 Å². The van der Waals surface area contributed by atoms with Gasteiger partial charge in [-0.1, -0.05) is 6.92 Å². The van der Waals surface area contributed by atoms with E-state index in [4.69, 9.17) is 5.11 Å². The van der Waals surface area contributed by atoms with Gasteiger partial charge in [0.2, 0.25) is 0 Å². The second-order valence-electron chi connectivity index (χ2n) is 4.01. The molecule has 20 heavy (non-hydrogen) atoms. The van der Waals surface area contributed by atoms with Gasteiger partial charge in [-0.3, -0.25) is 19.3 Å². The van der Waals surface area contributed by atoms with Crippen molar-refractivity contribution in [3.8, 4) is 0 Å². The predicted molar refractivity (Wildman–Crippen MR) is 66.5 cm³/mol. The number of ether oxygens (including phenoxy) is 2. The molecule has 0 aliphatic heterocycles. The molecule has 0 saturated heterocycles. The van der Waals surface area contributed by atoms with Crippen LogP contribution in [0.5, 0.6) is 0 Å². The monoisotopic (exact) mass is 292 g/mol. The number of rotatable bonds is 13. The van der Waals surface area contributed by atoms with Crippen molar-refractivity contribution in [3.63, 3.8) is 0 Å². The van der Waals surface area contributed by atoms with Gasteiger partial charge in [-0.05, 0) is 6.54 Å². The molecule has 0 aromatic heterocycles. The Bertz CT molecular complexity index is 288. The molecule has 9 heteroatoms. The molecule has 0 saturated carbocycles. The third-order valence-corrected chi connectivity index (χ3v) is 2.39. The Morgan fingerprint density at radius 1 is 1.15 bits per heavy atom. The van der Waals surface area contributed by atoms with Gasteiger partial charge in [-0.2, -0.15) is 0 Å². The fraction of sp³-hybridized carbons (Fsp3) is 0.727. The number of aliphatic carboxylic acids is 1. The van der Waals surface area contributed by atoms with Crippen LogP contribution in [-0.2, 0) is 23.9 Å². The lowest BCUT2D eigenvalue weighted by Crippen LogP contribution is -2.43. The molecule has 9 nitrogen and oxygen atoms in total. The van der Waals surface area contributed by atoms with Crippen LogP contribution in [0.15, 0.2) is 0 Å². The van der Waals surface area contributed by atoms with Crippen molar-refractivity contribution in [2.24, 2.45) is 0 Å². The second-order valence-corrected chi connectivity index (χ2v) is 4.01. The van der Waals surface area contributed by atoms with Gasteiger partial charge >= 0.3 is 5.97 Å². The standard InChI is InChI=1S/C11H20N2O7/c1-2-12(5-11(17)18)3-10(16)4-13(6-19-8-14)7-20-9-15/h8-10,16H,2-7H2,1H3,(H,17,18). The highest BCUT2D eigenvalue weighted by Crippen LogP contribution is 1.98. The highest BCUT2D eigenvalue weighted by Gasteiger charge is 2.17. The molecule has 0 rings (SSSR count). The van der Waals surface area contributed by atoms with Gasteiger partial charge in [0.1, 0.15) is 13.5 Å². The van der Waals surface area contributed by atoms with Crippen LogP contribution >= 0.6 is 0 Å². The van der Waals surface area contributed by atoms with E-state index in [1.807, 2.05) is 0 Å². The molecule has 0 fully saturated rings. The molecule has 0 bridgehead atoms. The molecule has 0 aromatic rings. The van der Waals surface area contributed by atoms with Crippen LogP contribution < -0.4 is 0 Å². The van der Waals surface area contributed by atoms with Crippen molar-refractivity contribution >= 4 is 18.9 Å². The summed E-state index contributed by atoms with van der Waals surface area (Å²) >= 11 is 0. The highest BCUT2D eigenvalue weighted by molar-refractivity contribution is 5.69. The molecule has 1 unspecified atom stereocenters. The first-order valence-corrected chi connectivity index (χ1v) is 5.98. The van der Waals surface area contributed by atoms with Crippen LogP contribution in [0.4, 0.5) is 0 Å². The lowest BCUT2D eigenvalue weighted by Gasteiger charge is -2.26. The summed E-state index contributed by atoms with van der Waals surface area (Å²) in [5, 5.41) is 18.6. The first-order chi connectivity index (χ1) is 9.53. The lowest BCUT2D eigenvalue weighted by molar-refractivity contribution is -0.144. The van der Waals surface area contributed by atoms with Crippen LogP contribution in [0.3, 0.4) is 0 Å². The molecule has 0 amide bonds. The normalized spacial score (nSPS) is 12.2. The molecule has 2 N–H and O–H groups in total. The summed E-state index contributed by atoms with van der Waals surface area (Å²) in [6, 6.07) is 0. The second kappa shape index (κ2) is 11.1. The number of nitrogens with zero attached hydrogens (tertiary/aromatic N) is 2. The molecule has 0 aliphatic rings. The zero-order valence-corrected chi connectivity index (χ0v) is 11.3. The fourth-order valence-electron chi connectivity index (χ4n) is 1.56. The molecule has 116 valence electrons. The Kier molecular flexibility index (Phi) is 10.2. The van der Waals surface area contributed by atoms with E-state index in [1.54, 1.807) is 11.8 Å². The molecule has 0 heterocycles. The number of aliphatic hydroxyl groups excluding tert-OH is 1. The van der Waals surface area contributed by atoms with E-state index in [9.17, 15) is 19.5 Å². The molecule has 0 aliphatic carbocycles. The number of hydrogen-bond donors (Lipinski definition) is 2. The molecule has 1 atom stereocenters. The topological polar surface area (TPSA) is 117 Å². The summed E-state index contributed by atoms with van der Waals surface area (Å²) in [5.74, 6) is -0.982. The van der Waals surface area contributed by atoms with Gasteiger partial charge in [-0.15, -0.1) is 0 Å². The van der Waals surface area contributed by atoms with Crippen LogP contribution in [0.25, 0.3) is 0 Å². The Hall–Kier alpha value is -1.71. The number of likely N-dealkylation sites (N-methyl/N-ethyl adjacent to an activating group) is 1. The van der Waals surface area contributed by atoms with Crippen LogP contribution in [0.2, 0.25) is 0 Å². The van der Waals surface area contributed by atoms with E-state index in [1.165, 1.54) is 4.90 Å². The molecule has 0 spiro atoms. The molecular formula is C11H20N2O7. The summed E-state index contributed by atoms with van der Waals surface area (Å²) in [6.07, 6.45) is -0.875. The maximum atomic E-state index is 10.6.